The van der Waals surface area contributed by atoms with E-state index < -0.39 is 0 Å². The quantitative estimate of drug-likeness (QED) is 0.881. The van der Waals surface area contributed by atoms with Crippen molar-refractivity contribution in [2.75, 3.05) is 6.54 Å². The summed E-state index contributed by atoms with van der Waals surface area (Å²) in [6.45, 7) is 3.15. The van der Waals surface area contributed by atoms with Gasteiger partial charge in [0.2, 0.25) is 0 Å². The van der Waals surface area contributed by atoms with Crippen LogP contribution in [0.3, 0.4) is 0 Å². The van der Waals surface area contributed by atoms with E-state index in [1.165, 1.54) is 22.0 Å². The van der Waals surface area contributed by atoms with Crippen molar-refractivity contribution >= 4 is 23.1 Å². The van der Waals surface area contributed by atoms with Gasteiger partial charge in [0.05, 0.1) is 11.1 Å². The Morgan fingerprint density at radius 1 is 1.44 bits per heavy atom. The Bertz CT molecular complexity index is 473. The van der Waals surface area contributed by atoms with E-state index in [-0.39, 0.29) is 6.04 Å². The van der Waals surface area contributed by atoms with Crippen molar-refractivity contribution in [3.05, 3.63) is 45.9 Å². The summed E-state index contributed by atoms with van der Waals surface area (Å²) in [6, 6.07) is 8.26. The van der Waals surface area contributed by atoms with Gasteiger partial charge in [-0.3, -0.25) is 0 Å². The lowest BCUT2D eigenvalue weighted by Crippen LogP contribution is -2.23. The fraction of sp³-hybridized carbons (Fsp3) is 0.385. The lowest BCUT2D eigenvalue weighted by molar-refractivity contribution is 0.536. The van der Waals surface area contributed by atoms with Crippen LogP contribution in [-0.4, -0.2) is 16.1 Å². The summed E-state index contributed by atoms with van der Waals surface area (Å²) in [6.07, 6.45) is 3.85. The molecule has 0 aliphatic heterocycles. The summed E-state index contributed by atoms with van der Waals surface area (Å²) >= 11 is 7.46. The average Bonchev–Trinajstić information content (AvgIpc) is 2.88. The van der Waals surface area contributed by atoms with Crippen molar-refractivity contribution < 1.29 is 0 Å². The number of nitrogens with zero attached hydrogens (tertiary/aromatic N) is 2. The second kappa shape index (κ2) is 6.83. The Morgan fingerprint density at radius 3 is 3.00 bits per heavy atom. The number of benzene rings is 1. The summed E-state index contributed by atoms with van der Waals surface area (Å²) in [5.74, 6) is 0. The van der Waals surface area contributed by atoms with E-state index in [0.717, 1.165) is 24.4 Å². The van der Waals surface area contributed by atoms with Crippen LogP contribution in [0.2, 0.25) is 5.02 Å². The number of rotatable bonds is 6. The van der Waals surface area contributed by atoms with Crippen molar-refractivity contribution in [2.24, 2.45) is 0 Å². The number of halogens is 1. The van der Waals surface area contributed by atoms with Gasteiger partial charge in [0.25, 0.3) is 0 Å². The van der Waals surface area contributed by atoms with Gasteiger partial charge in [-0.15, -0.1) is 5.10 Å². The molecule has 2 rings (SSSR count). The topological polar surface area (TPSA) is 37.8 Å². The maximum atomic E-state index is 6.02. The monoisotopic (exact) mass is 281 g/mol. The molecule has 2 aromatic rings. The molecule has 1 aromatic heterocycles. The molecule has 1 aromatic carbocycles. The molecule has 0 aliphatic rings. The van der Waals surface area contributed by atoms with Crippen LogP contribution in [0, 0.1) is 0 Å². The van der Waals surface area contributed by atoms with Gasteiger partial charge >= 0.3 is 0 Å². The molecule has 3 nitrogen and oxygen atoms in total. The van der Waals surface area contributed by atoms with Gasteiger partial charge in [-0.2, -0.15) is 0 Å². The van der Waals surface area contributed by atoms with Gasteiger partial charge in [0, 0.05) is 11.1 Å². The molecule has 0 fully saturated rings. The number of hydrogen-bond donors (Lipinski definition) is 1. The Kier molecular flexibility index (Phi) is 5.11. The zero-order valence-corrected chi connectivity index (χ0v) is 11.8. The van der Waals surface area contributed by atoms with Crippen molar-refractivity contribution in [3.63, 3.8) is 0 Å². The Morgan fingerprint density at radius 2 is 2.33 bits per heavy atom. The van der Waals surface area contributed by atoms with Crippen molar-refractivity contribution in [3.8, 4) is 0 Å². The summed E-state index contributed by atoms with van der Waals surface area (Å²) < 4.78 is 3.94. The molecule has 0 bridgehead atoms. The van der Waals surface area contributed by atoms with Crippen LogP contribution in [0.15, 0.2) is 30.5 Å². The molecule has 0 amide bonds. The minimum absolute atomic E-state index is 0.267. The molecule has 18 heavy (non-hydrogen) atoms. The van der Waals surface area contributed by atoms with Crippen LogP contribution >= 0.6 is 23.1 Å². The van der Waals surface area contributed by atoms with E-state index >= 15 is 0 Å². The molecule has 1 atom stereocenters. The predicted octanol–water partition coefficient (Wildman–Crippen LogP) is 3.47. The minimum Gasteiger partial charge on any atom is -0.309 e. The molecular formula is C13H16ClN3S. The largest absolute Gasteiger partial charge is 0.309 e. The third-order valence-electron chi connectivity index (χ3n) is 2.69. The van der Waals surface area contributed by atoms with Crippen LogP contribution < -0.4 is 5.32 Å². The van der Waals surface area contributed by atoms with Crippen LogP contribution in [0.1, 0.15) is 29.8 Å². The van der Waals surface area contributed by atoms with Crippen LogP contribution in [0.4, 0.5) is 0 Å². The maximum absolute atomic E-state index is 6.02. The highest BCUT2D eigenvalue weighted by atomic mass is 35.5. The van der Waals surface area contributed by atoms with Gasteiger partial charge in [0.15, 0.2) is 0 Å². The van der Waals surface area contributed by atoms with Gasteiger partial charge in [0.1, 0.15) is 0 Å². The van der Waals surface area contributed by atoms with Crippen LogP contribution in [0.5, 0.6) is 0 Å². The second-order valence-corrected chi connectivity index (χ2v) is 5.41. The fourth-order valence-electron chi connectivity index (χ4n) is 1.82. The fourth-order valence-corrected chi connectivity index (χ4v) is 2.61. The minimum atomic E-state index is 0.267. The third-order valence-corrected chi connectivity index (χ3v) is 3.70. The molecule has 0 saturated heterocycles. The van der Waals surface area contributed by atoms with Gasteiger partial charge in [-0.05, 0) is 48.6 Å². The highest BCUT2D eigenvalue weighted by Crippen LogP contribution is 2.22. The molecule has 1 unspecified atom stereocenters. The first-order chi connectivity index (χ1) is 8.79. The van der Waals surface area contributed by atoms with Gasteiger partial charge in [-0.1, -0.05) is 35.1 Å². The number of hydrogen-bond acceptors (Lipinski definition) is 4. The standard InChI is InChI=1S/C13H16ClN3S/c1-2-6-15-12(13-9-16-17-18-13)8-10-4-3-5-11(14)7-10/h3-5,7,9,12,15H,2,6,8H2,1H3. The summed E-state index contributed by atoms with van der Waals surface area (Å²) in [4.78, 5) is 1.17. The summed E-state index contributed by atoms with van der Waals surface area (Å²) in [5.41, 5.74) is 1.23. The molecule has 1 N–H and O–H groups in total. The zero-order valence-electron chi connectivity index (χ0n) is 10.3. The molecule has 96 valence electrons. The second-order valence-electron chi connectivity index (χ2n) is 4.16. The summed E-state index contributed by atoms with van der Waals surface area (Å²) in [5, 5.41) is 8.22. The van der Waals surface area contributed by atoms with Crippen molar-refractivity contribution in [1.82, 2.24) is 14.9 Å². The lowest BCUT2D eigenvalue weighted by Gasteiger charge is -2.16. The first kappa shape index (κ1) is 13.5. The summed E-state index contributed by atoms with van der Waals surface area (Å²) in [7, 11) is 0. The molecule has 0 spiro atoms. The molecule has 0 saturated carbocycles. The first-order valence-electron chi connectivity index (χ1n) is 6.04. The first-order valence-corrected chi connectivity index (χ1v) is 7.20. The van der Waals surface area contributed by atoms with E-state index in [0.29, 0.717) is 0 Å². The molecular weight excluding hydrogens is 266 g/mol. The van der Waals surface area contributed by atoms with Gasteiger partial charge in [-0.25, -0.2) is 0 Å². The predicted molar refractivity (Wildman–Crippen MR) is 76.1 cm³/mol. The molecule has 0 radical (unpaired) electrons. The highest BCUT2D eigenvalue weighted by Gasteiger charge is 2.14. The van der Waals surface area contributed by atoms with Crippen LogP contribution in [0.25, 0.3) is 0 Å². The van der Waals surface area contributed by atoms with E-state index in [1.807, 2.05) is 24.4 Å². The highest BCUT2D eigenvalue weighted by molar-refractivity contribution is 7.05. The third kappa shape index (κ3) is 3.77. The SMILES string of the molecule is CCCNC(Cc1cccc(Cl)c1)c1cnns1. The number of aromatic nitrogens is 2. The zero-order chi connectivity index (χ0) is 12.8. The van der Waals surface area contributed by atoms with E-state index in [1.54, 1.807) is 0 Å². The average molecular weight is 282 g/mol. The van der Waals surface area contributed by atoms with Gasteiger partial charge < -0.3 is 5.32 Å². The molecule has 0 aliphatic carbocycles. The van der Waals surface area contributed by atoms with Crippen molar-refractivity contribution in [2.45, 2.75) is 25.8 Å². The van der Waals surface area contributed by atoms with E-state index in [2.05, 4.69) is 27.9 Å². The van der Waals surface area contributed by atoms with Crippen LogP contribution in [-0.2, 0) is 6.42 Å². The Balaban J connectivity index is 2.10. The molecule has 5 heteroatoms. The lowest BCUT2D eigenvalue weighted by atomic mass is 10.0. The Hall–Kier alpha value is -0.970. The molecule has 1 heterocycles. The smallest absolute Gasteiger partial charge is 0.0669 e. The Labute approximate surface area is 116 Å². The van der Waals surface area contributed by atoms with E-state index in [9.17, 15) is 0 Å². The normalized spacial score (nSPS) is 12.6. The maximum Gasteiger partial charge on any atom is 0.0669 e. The van der Waals surface area contributed by atoms with Crippen molar-refractivity contribution in [1.29, 1.82) is 0 Å². The number of nitrogens with one attached hydrogen (secondary N) is 1. The van der Waals surface area contributed by atoms with E-state index in [4.69, 9.17) is 11.6 Å².